The molecule has 0 bridgehead atoms. The van der Waals surface area contributed by atoms with Crippen molar-refractivity contribution in [2.45, 2.75) is 13.0 Å². The van der Waals surface area contributed by atoms with Crippen LogP contribution in [-0.4, -0.2) is 39.0 Å². The first-order valence-electron chi connectivity index (χ1n) is 6.07. The van der Waals surface area contributed by atoms with Crippen molar-refractivity contribution in [1.29, 1.82) is 0 Å². The van der Waals surface area contributed by atoms with E-state index in [2.05, 4.69) is 9.97 Å². The topological polar surface area (TPSA) is 69.2 Å². The number of likely N-dealkylation sites (tertiary alicyclic amines) is 1. The van der Waals surface area contributed by atoms with E-state index in [9.17, 15) is 4.79 Å². The predicted octanol–water partition coefficient (Wildman–Crippen LogP) is 0.904. The molecule has 2 aromatic rings. The van der Waals surface area contributed by atoms with Crippen LogP contribution in [0.2, 0.25) is 0 Å². The van der Waals surface area contributed by atoms with Gasteiger partial charge in [0.2, 0.25) is 5.91 Å². The van der Waals surface area contributed by atoms with E-state index >= 15 is 0 Å². The molecule has 1 aliphatic heterocycles. The van der Waals surface area contributed by atoms with Crippen molar-refractivity contribution in [3.8, 4) is 0 Å². The fraction of sp³-hybridized carbons (Fsp3) is 0.385. The minimum atomic E-state index is 0.0807. The van der Waals surface area contributed by atoms with Crippen LogP contribution in [0.25, 0.3) is 11.0 Å². The van der Waals surface area contributed by atoms with Gasteiger partial charge in [-0.05, 0) is 17.7 Å². The summed E-state index contributed by atoms with van der Waals surface area (Å²) in [7, 11) is 0. The van der Waals surface area contributed by atoms with Gasteiger partial charge in [-0.25, -0.2) is 4.98 Å². The molecule has 1 fully saturated rings. The Morgan fingerprint density at radius 1 is 1.56 bits per heavy atom. The lowest BCUT2D eigenvalue weighted by atomic mass is 10.1. The molecule has 18 heavy (non-hydrogen) atoms. The molecule has 3 heterocycles. The summed E-state index contributed by atoms with van der Waals surface area (Å²) in [6.07, 6.45) is 4.10. The molecule has 2 aromatic heterocycles. The molecule has 5 heteroatoms. The smallest absolute Gasteiger partial charge is 0.223 e. The van der Waals surface area contributed by atoms with Crippen LogP contribution in [0, 0.1) is 5.92 Å². The number of fused-ring (bicyclic) bond motifs is 1. The van der Waals surface area contributed by atoms with Crippen molar-refractivity contribution in [2.24, 2.45) is 5.92 Å². The summed E-state index contributed by atoms with van der Waals surface area (Å²) in [5.74, 6) is 0.199. The van der Waals surface area contributed by atoms with Crippen LogP contribution >= 0.6 is 0 Å². The number of amides is 1. The van der Waals surface area contributed by atoms with E-state index in [1.165, 1.54) is 0 Å². The summed E-state index contributed by atoms with van der Waals surface area (Å²) in [5, 5.41) is 10.1. The number of hydrogen-bond donors (Lipinski definition) is 2. The van der Waals surface area contributed by atoms with Gasteiger partial charge in [-0.2, -0.15) is 0 Å². The number of pyridine rings is 1. The van der Waals surface area contributed by atoms with Crippen LogP contribution in [0.3, 0.4) is 0 Å². The number of carbonyl (C=O) groups excluding carboxylic acids is 1. The molecule has 1 saturated heterocycles. The van der Waals surface area contributed by atoms with Gasteiger partial charge in [-0.15, -0.1) is 0 Å². The predicted molar refractivity (Wildman–Crippen MR) is 66.7 cm³/mol. The minimum absolute atomic E-state index is 0.0807. The van der Waals surface area contributed by atoms with E-state index < -0.39 is 0 Å². The lowest BCUT2D eigenvalue weighted by molar-refractivity contribution is -0.128. The molecule has 0 saturated carbocycles. The Bertz CT molecular complexity index is 578. The van der Waals surface area contributed by atoms with Crippen LogP contribution in [0.15, 0.2) is 24.5 Å². The van der Waals surface area contributed by atoms with Crippen molar-refractivity contribution < 1.29 is 9.90 Å². The fourth-order valence-electron chi connectivity index (χ4n) is 2.42. The lowest BCUT2D eigenvalue weighted by Crippen LogP contribution is -2.25. The maximum absolute atomic E-state index is 11.7. The average molecular weight is 245 g/mol. The first-order valence-corrected chi connectivity index (χ1v) is 6.07. The molecule has 1 unspecified atom stereocenters. The lowest BCUT2D eigenvalue weighted by Gasteiger charge is -2.16. The highest BCUT2D eigenvalue weighted by Gasteiger charge is 2.28. The van der Waals surface area contributed by atoms with Gasteiger partial charge in [0, 0.05) is 49.8 Å². The number of aliphatic hydroxyl groups is 1. The summed E-state index contributed by atoms with van der Waals surface area (Å²) >= 11 is 0. The summed E-state index contributed by atoms with van der Waals surface area (Å²) in [4.78, 5) is 20.9. The Hall–Kier alpha value is -1.88. The zero-order valence-corrected chi connectivity index (χ0v) is 9.97. The normalized spacial score (nSPS) is 19.9. The van der Waals surface area contributed by atoms with E-state index in [0.717, 1.165) is 16.6 Å². The van der Waals surface area contributed by atoms with E-state index in [4.69, 9.17) is 5.11 Å². The second-order valence-corrected chi connectivity index (χ2v) is 4.79. The maximum Gasteiger partial charge on any atom is 0.223 e. The van der Waals surface area contributed by atoms with Gasteiger partial charge in [0.15, 0.2) is 0 Å². The highest BCUT2D eigenvalue weighted by atomic mass is 16.3. The minimum Gasteiger partial charge on any atom is -0.396 e. The first kappa shape index (κ1) is 11.2. The number of hydrogen-bond acceptors (Lipinski definition) is 3. The number of aromatic nitrogens is 2. The fourth-order valence-corrected chi connectivity index (χ4v) is 2.42. The standard InChI is InChI=1S/C13H15N3O2/c17-8-10-4-12(18)16(7-10)6-9-3-11-1-2-14-13(11)15-5-9/h1-3,5,10,17H,4,6-8H2,(H,14,15). The molecule has 2 N–H and O–H groups in total. The van der Waals surface area contributed by atoms with Crippen molar-refractivity contribution in [3.05, 3.63) is 30.1 Å². The molecule has 94 valence electrons. The molecular formula is C13H15N3O2. The van der Waals surface area contributed by atoms with Crippen molar-refractivity contribution in [2.75, 3.05) is 13.2 Å². The van der Waals surface area contributed by atoms with Crippen LogP contribution < -0.4 is 0 Å². The number of H-pyrrole nitrogens is 1. The monoisotopic (exact) mass is 245 g/mol. The number of nitrogens with one attached hydrogen (secondary N) is 1. The molecule has 0 radical (unpaired) electrons. The Kier molecular flexibility index (Phi) is 2.76. The van der Waals surface area contributed by atoms with Gasteiger partial charge in [-0.1, -0.05) is 0 Å². The summed E-state index contributed by atoms with van der Waals surface area (Å²) in [6, 6.07) is 4.01. The molecule has 1 atom stereocenters. The average Bonchev–Trinajstić information content (AvgIpc) is 2.96. The van der Waals surface area contributed by atoms with Crippen LogP contribution in [-0.2, 0) is 11.3 Å². The van der Waals surface area contributed by atoms with E-state index in [1.54, 1.807) is 11.1 Å². The number of aromatic amines is 1. The second-order valence-electron chi connectivity index (χ2n) is 4.79. The first-order chi connectivity index (χ1) is 8.76. The Labute approximate surface area is 104 Å². The number of nitrogens with zero attached hydrogens (tertiary/aromatic N) is 2. The molecule has 0 spiro atoms. The van der Waals surface area contributed by atoms with Gasteiger partial charge < -0.3 is 15.0 Å². The third kappa shape index (κ3) is 1.97. The van der Waals surface area contributed by atoms with Gasteiger partial charge in [0.25, 0.3) is 0 Å². The third-order valence-electron chi connectivity index (χ3n) is 3.38. The SMILES string of the molecule is O=C1CC(CO)CN1Cc1cnc2[nH]ccc2c1. The molecule has 0 aliphatic carbocycles. The van der Waals surface area contributed by atoms with Gasteiger partial charge in [-0.3, -0.25) is 4.79 Å². The van der Waals surface area contributed by atoms with E-state index in [1.807, 2.05) is 18.3 Å². The van der Waals surface area contributed by atoms with Crippen molar-refractivity contribution in [1.82, 2.24) is 14.9 Å². The molecule has 5 nitrogen and oxygen atoms in total. The molecule has 0 aromatic carbocycles. The Morgan fingerprint density at radius 3 is 3.22 bits per heavy atom. The number of aliphatic hydroxyl groups excluding tert-OH is 1. The Morgan fingerprint density at radius 2 is 2.44 bits per heavy atom. The summed E-state index contributed by atoms with van der Waals surface area (Å²) in [6.45, 7) is 1.29. The van der Waals surface area contributed by atoms with Gasteiger partial charge >= 0.3 is 0 Å². The van der Waals surface area contributed by atoms with Crippen LogP contribution in [0.5, 0.6) is 0 Å². The Balaban J connectivity index is 1.77. The largest absolute Gasteiger partial charge is 0.396 e. The van der Waals surface area contributed by atoms with Crippen molar-refractivity contribution >= 4 is 16.9 Å². The highest BCUT2D eigenvalue weighted by Crippen LogP contribution is 2.20. The third-order valence-corrected chi connectivity index (χ3v) is 3.38. The maximum atomic E-state index is 11.7. The quantitative estimate of drug-likeness (QED) is 0.844. The molecule has 3 rings (SSSR count). The molecule has 1 amide bonds. The van der Waals surface area contributed by atoms with Crippen molar-refractivity contribution in [3.63, 3.8) is 0 Å². The summed E-state index contributed by atoms with van der Waals surface area (Å²) in [5.41, 5.74) is 1.88. The second kappa shape index (κ2) is 4.42. The van der Waals surface area contributed by atoms with Crippen LogP contribution in [0.1, 0.15) is 12.0 Å². The molecular weight excluding hydrogens is 230 g/mol. The number of rotatable bonds is 3. The zero-order valence-electron chi connectivity index (χ0n) is 9.97. The summed E-state index contributed by atoms with van der Waals surface area (Å²) < 4.78 is 0. The highest BCUT2D eigenvalue weighted by molar-refractivity contribution is 5.79. The van der Waals surface area contributed by atoms with Gasteiger partial charge in [0.1, 0.15) is 5.65 Å². The molecule has 1 aliphatic rings. The van der Waals surface area contributed by atoms with Gasteiger partial charge in [0.05, 0.1) is 0 Å². The van der Waals surface area contributed by atoms with E-state index in [0.29, 0.717) is 19.5 Å². The number of carbonyl (C=O) groups is 1. The zero-order chi connectivity index (χ0) is 12.5. The van der Waals surface area contributed by atoms with Crippen LogP contribution in [0.4, 0.5) is 0 Å². The van der Waals surface area contributed by atoms with E-state index in [-0.39, 0.29) is 18.4 Å².